The Labute approximate surface area is 173 Å². The second-order valence-corrected chi connectivity index (χ2v) is 6.89. The summed E-state index contributed by atoms with van der Waals surface area (Å²) in [5.74, 6) is 1.29. The van der Waals surface area contributed by atoms with Crippen LogP contribution in [0, 0.1) is 13.8 Å². The molecule has 2 heterocycles. The lowest BCUT2D eigenvalue weighted by molar-refractivity contribution is 0.0600. The van der Waals surface area contributed by atoms with Crippen molar-refractivity contribution in [1.82, 2.24) is 4.57 Å². The molecule has 1 aliphatic heterocycles. The van der Waals surface area contributed by atoms with Crippen LogP contribution in [0.3, 0.4) is 0 Å². The van der Waals surface area contributed by atoms with Gasteiger partial charge in [0.2, 0.25) is 12.6 Å². The van der Waals surface area contributed by atoms with E-state index in [-0.39, 0.29) is 25.2 Å². The van der Waals surface area contributed by atoms with Crippen LogP contribution >= 0.6 is 0 Å². The SMILES string of the molecule is COC(=O)c1ccc(-n2c(C)cc(C(=O)COc3ccc4c(c3)OCO4)c2C)cc1. The molecule has 0 aliphatic carbocycles. The number of fused-ring (bicyclic) bond motifs is 1. The fourth-order valence-electron chi connectivity index (χ4n) is 3.50. The van der Waals surface area contributed by atoms with Crippen LogP contribution in [0.25, 0.3) is 5.69 Å². The Kier molecular flexibility index (Phi) is 5.18. The van der Waals surface area contributed by atoms with Gasteiger partial charge in [0, 0.05) is 28.7 Å². The minimum Gasteiger partial charge on any atom is -0.485 e. The number of ketones is 1. The first kappa shape index (κ1) is 19.6. The third-order valence-corrected chi connectivity index (χ3v) is 4.99. The van der Waals surface area contributed by atoms with Crippen molar-refractivity contribution in [3.05, 3.63) is 71.0 Å². The van der Waals surface area contributed by atoms with Gasteiger partial charge in [-0.05, 0) is 56.3 Å². The normalized spacial score (nSPS) is 12.0. The van der Waals surface area contributed by atoms with Gasteiger partial charge in [-0.1, -0.05) is 0 Å². The molecule has 0 fully saturated rings. The second kappa shape index (κ2) is 7.94. The molecule has 2 aromatic carbocycles. The van der Waals surface area contributed by atoms with Crippen molar-refractivity contribution in [1.29, 1.82) is 0 Å². The minimum atomic E-state index is -0.390. The maximum absolute atomic E-state index is 12.8. The van der Waals surface area contributed by atoms with Crippen LogP contribution in [0.1, 0.15) is 32.1 Å². The van der Waals surface area contributed by atoms with E-state index in [9.17, 15) is 9.59 Å². The quantitative estimate of drug-likeness (QED) is 0.456. The third kappa shape index (κ3) is 3.61. The fourth-order valence-corrected chi connectivity index (χ4v) is 3.50. The summed E-state index contributed by atoms with van der Waals surface area (Å²) in [6.45, 7) is 3.90. The van der Waals surface area contributed by atoms with Gasteiger partial charge in [0.25, 0.3) is 0 Å². The number of hydrogen-bond acceptors (Lipinski definition) is 6. The Morgan fingerprint density at radius 3 is 2.47 bits per heavy atom. The lowest BCUT2D eigenvalue weighted by Gasteiger charge is -2.11. The number of benzene rings is 2. The zero-order valence-electron chi connectivity index (χ0n) is 16.9. The second-order valence-electron chi connectivity index (χ2n) is 6.89. The molecule has 0 saturated heterocycles. The molecule has 7 heteroatoms. The summed E-state index contributed by atoms with van der Waals surface area (Å²) in [5, 5.41) is 0. The zero-order chi connectivity index (χ0) is 21.3. The average molecular weight is 407 g/mol. The monoisotopic (exact) mass is 407 g/mol. The number of hydrogen-bond donors (Lipinski definition) is 0. The van der Waals surface area contributed by atoms with E-state index >= 15 is 0 Å². The number of nitrogens with zero attached hydrogens (tertiary/aromatic N) is 1. The first-order valence-corrected chi connectivity index (χ1v) is 9.41. The van der Waals surface area contributed by atoms with Crippen molar-refractivity contribution in [2.75, 3.05) is 20.5 Å². The summed E-state index contributed by atoms with van der Waals surface area (Å²) in [7, 11) is 1.35. The summed E-state index contributed by atoms with van der Waals surface area (Å²) in [5.41, 5.74) is 3.62. The van der Waals surface area contributed by atoms with Crippen LogP contribution in [0.2, 0.25) is 0 Å². The molecular weight excluding hydrogens is 386 g/mol. The topological polar surface area (TPSA) is 76.0 Å². The molecule has 0 atom stereocenters. The molecule has 4 rings (SSSR count). The van der Waals surface area contributed by atoms with Gasteiger partial charge in [0.05, 0.1) is 12.7 Å². The van der Waals surface area contributed by atoms with Gasteiger partial charge in [-0.2, -0.15) is 0 Å². The molecule has 7 nitrogen and oxygen atoms in total. The highest BCUT2D eigenvalue weighted by Crippen LogP contribution is 2.35. The first-order valence-electron chi connectivity index (χ1n) is 9.41. The Morgan fingerprint density at radius 2 is 1.73 bits per heavy atom. The van der Waals surface area contributed by atoms with Gasteiger partial charge >= 0.3 is 5.97 Å². The number of rotatable bonds is 6. The summed E-state index contributed by atoms with van der Waals surface area (Å²) in [4.78, 5) is 24.4. The molecule has 0 saturated carbocycles. The van der Waals surface area contributed by atoms with E-state index in [4.69, 9.17) is 18.9 Å². The van der Waals surface area contributed by atoms with E-state index in [0.717, 1.165) is 17.1 Å². The van der Waals surface area contributed by atoms with Crippen LogP contribution in [0.4, 0.5) is 0 Å². The summed E-state index contributed by atoms with van der Waals surface area (Å²) in [6, 6.07) is 14.1. The van der Waals surface area contributed by atoms with Gasteiger partial charge in [-0.25, -0.2) is 4.79 Å². The van der Waals surface area contributed by atoms with Crippen molar-refractivity contribution in [2.24, 2.45) is 0 Å². The van der Waals surface area contributed by atoms with Crippen LogP contribution < -0.4 is 14.2 Å². The summed E-state index contributed by atoms with van der Waals surface area (Å²) >= 11 is 0. The highest BCUT2D eigenvalue weighted by Gasteiger charge is 2.19. The van der Waals surface area contributed by atoms with E-state index < -0.39 is 0 Å². The first-order chi connectivity index (χ1) is 14.5. The highest BCUT2D eigenvalue weighted by molar-refractivity contribution is 5.99. The van der Waals surface area contributed by atoms with Crippen LogP contribution in [0.15, 0.2) is 48.5 Å². The zero-order valence-corrected chi connectivity index (χ0v) is 16.9. The predicted molar refractivity (Wildman–Crippen MR) is 109 cm³/mol. The van der Waals surface area contributed by atoms with E-state index in [1.165, 1.54) is 7.11 Å². The number of ether oxygens (including phenoxy) is 4. The average Bonchev–Trinajstić information content (AvgIpc) is 3.35. The molecule has 0 spiro atoms. The van der Waals surface area contributed by atoms with E-state index in [0.29, 0.717) is 28.4 Å². The molecule has 0 N–H and O–H groups in total. The number of esters is 1. The van der Waals surface area contributed by atoms with Gasteiger partial charge in [0.15, 0.2) is 18.1 Å². The molecule has 154 valence electrons. The van der Waals surface area contributed by atoms with Crippen molar-refractivity contribution in [3.63, 3.8) is 0 Å². The Balaban J connectivity index is 1.51. The third-order valence-electron chi connectivity index (χ3n) is 4.99. The van der Waals surface area contributed by atoms with Crippen molar-refractivity contribution in [3.8, 4) is 22.9 Å². The summed E-state index contributed by atoms with van der Waals surface area (Å²) < 4.78 is 23.0. The molecule has 3 aromatic rings. The maximum atomic E-state index is 12.8. The molecule has 0 unspecified atom stereocenters. The minimum absolute atomic E-state index is 0.0920. The molecule has 30 heavy (non-hydrogen) atoms. The standard InChI is InChI=1S/C23H21NO6/c1-14-10-19(15(2)24(14)17-6-4-16(5-7-17)23(26)27-3)20(25)12-28-18-8-9-21-22(11-18)30-13-29-21/h4-11H,12-13H2,1-3H3. The van der Waals surface area contributed by atoms with Crippen LogP contribution in [-0.4, -0.2) is 36.8 Å². The lowest BCUT2D eigenvalue weighted by Crippen LogP contribution is -2.12. The Morgan fingerprint density at radius 1 is 1.00 bits per heavy atom. The highest BCUT2D eigenvalue weighted by atomic mass is 16.7. The van der Waals surface area contributed by atoms with E-state index in [1.54, 1.807) is 30.3 Å². The van der Waals surface area contributed by atoms with E-state index in [1.807, 2.05) is 36.6 Å². The maximum Gasteiger partial charge on any atom is 0.337 e. The molecule has 1 aromatic heterocycles. The largest absolute Gasteiger partial charge is 0.485 e. The predicted octanol–water partition coefficient (Wildman–Crippen LogP) is 3.87. The van der Waals surface area contributed by atoms with Gasteiger partial charge in [0.1, 0.15) is 5.75 Å². The Bertz CT molecular complexity index is 1110. The number of carbonyl (C=O) groups excluding carboxylic acids is 2. The van der Waals surface area contributed by atoms with Crippen molar-refractivity contribution >= 4 is 11.8 Å². The lowest BCUT2D eigenvalue weighted by atomic mass is 10.1. The smallest absolute Gasteiger partial charge is 0.337 e. The molecule has 0 amide bonds. The van der Waals surface area contributed by atoms with Crippen LogP contribution in [-0.2, 0) is 4.74 Å². The number of aromatic nitrogens is 1. The molecular formula is C23H21NO6. The Hall–Kier alpha value is -3.74. The number of Topliss-reactive ketones (excluding diaryl/α,β-unsaturated/α-hetero) is 1. The fraction of sp³-hybridized carbons (Fsp3) is 0.217. The van der Waals surface area contributed by atoms with Crippen LogP contribution in [0.5, 0.6) is 17.2 Å². The van der Waals surface area contributed by atoms with E-state index in [2.05, 4.69) is 0 Å². The van der Waals surface area contributed by atoms with Gasteiger partial charge in [-0.3, -0.25) is 4.79 Å². The van der Waals surface area contributed by atoms with Crippen molar-refractivity contribution < 1.29 is 28.5 Å². The molecule has 0 bridgehead atoms. The summed E-state index contributed by atoms with van der Waals surface area (Å²) in [6.07, 6.45) is 0. The number of aryl methyl sites for hydroxylation is 1. The van der Waals surface area contributed by atoms with Crippen molar-refractivity contribution in [2.45, 2.75) is 13.8 Å². The number of methoxy groups -OCH3 is 1. The molecule has 1 aliphatic rings. The number of carbonyl (C=O) groups is 2. The van der Waals surface area contributed by atoms with Gasteiger partial charge < -0.3 is 23.5 Å². The molecule has 0 radical (unpaired) electrons. The van der Waals surface area contributed by atoms with Gasteiger partial charge in [-0.15, -0.1) is 0 Å².